The van der Waals surface area contributed by atoms with Gasteiger partial charge in [0.15, 0.2) is 0 Å². The maximum Gasteiger partial charge on any atom is 0.101 e. The summed E-state index contributed by atoms with van der Waals surface area (Å²) in [5.74, 6) is 0. The van der Waals surface area contributed by atoms with Crippen LogP contribution in [0.1, 0.15) is 16.7 Å². The number of para-hydroxylation sites is 3. The monoisotopic (exact) mass is 635 g/mol. The molecule has 0 atom stereocenters. The second kappa shape index (κ2) is 11.4. The minimum Gasteiger partial charge on any atom is -0.309 e. The van der Waals surface area contributed by atoms with E-state index in [-0.39, 0.29) is 0 Å². The van der Waals surface area contributed by atoms with Crippen molar-refractivity contribution >= 4 is 43.6 Å². The third-order valence-corrected chi connectivity index (χ3v) is 9.64. The molecule has 9 rings (SSSR count). The molecule has 0 unspecified atom stereocenters. The summed E-state index contributed by atoms with van der Waals surface area (Å²) in [5, 5.41) is 33.6. The Balaban J connectivity index is 1.13. The highest BCUT2D eigenvalue weighted by atomic mass is 15.0. The number of nitriles is 3. The molecular weight excluding hydrogens is 611 g/mol. The lowest BCUT2D eigenvalue weighted by molar-refractivity contribution is 1.17. The number of hydrogen-bond acceptors (Lipinski definition) is 3. The van der Waals surface area contributed by atoms with Crippen molar-refractivity contribution in [2.75, 3.05) is 0 Å². The molecule has 9 aromatic rings. The van der Waals surface area contributed by atoms with E-state index < -0.39 is 0 Å². The molecule has 0 radical (unpaired) electrons. The molecule has 0 N–H and O–H groups in total. The zero-order chi connectivity index (χ0) is 33.8. The molecule has 0 fully saturated rings. The van der Waals surface area contributed by atoms with Gasteiger partial charge in [-0.25, -0.2) is 0 Å². The smallest absolute Gasteiger partial charge is 0.101 e. The molecule has 5 heteroatoms. The van der Waals surface area contributed by atoms with E-state index in [4.69, 9.17) is 0 Å². The summed E-state index contributed by atoms with van der Waals surface area (Å²) in [6, 6.07) is 58.0. The Labute approximate surface area is 287 Å². The fourth-order valence-electron chi connectivity index (χ4n) is 7.35. The first kappa shape index (κ1) is 28.8. The van der Waals surface area contributed by atoms with Crippen LogP contribution in [0.15, 0.2) is 152 Å². The predicted molar refractivity (Wildman–Crippen MR) is 200 cm³/mol. The summed E-state index contributed by atoms with van der Waals surface area (Å²) >= 11 is 0. The number of benzene rings is 7. The van der Waals surface area contributed by atoms with Crippen LogP contribution in [-0.2, 0) is 0 Å². The van der Waals surface area contributed by atoms with Crippen LogP contribution in [-0.4, -0.2) is 9.13 Å². The standard InChI is InChI=1S/C45H25N5/c46-26-29-13-23-43-40(24-29)39-9-5-6-34(28-48)45(39)49(43)35-20-18-32(19-21-35)31-14-16-33(17-15-31)36-22-12-30(27-47)25-44(36)50-41-10-3-1-7-37(41)38-8-2-4-11-42(38)50/h1-25H. The quantitative estimate of drug-likeness (QED) is 0.193. The third kappa shape index (κ3) is 4.38. The van der Waals surface area contributed by atoms with Crippen molar-refractivity contribution in [3.05, 3.63) is 168 Å². The maximum atomic E-state index is 9.99. The molecule has 0 bridgehead atoms. The van der Waals surface area contributed by atoms with Gasteiger partial charge in [-0.15, -0.1) is 0 Å². The van der Waals surface area contributed by atoms with Gasteiger partial charge in [0.25, 0.3) is 0 Å². The topological polar surface area (TPSA) is 81.2 Å². The highest BCUT2D eigenvalue weighted by Crippen LogP contribution is 2.38. The lowest BCUT2D eigenvalue weighted by Gasteiger charge is -2.15. The molecule has 0 amide bonds. The molecule has 50 heavy (non-hydrogen) atoms. The van der Waals surface area contributed by atoms with Crippen molar-refractivity contribution in [1.82, 2.24) is 9.13 Å². The summed E-state index contributed by atoms with van der Waals surface area (Å²) in [6.45, 7) is 0. The van der Waals surface area contributed by atoms with Gasteiger partial charge in [-0.05, 0) is 77.4 Å². The van der Waals surface area contributed by atoms with E-state index in [0.717, 1.165) is 66.5 Å². The van der Waals surface area contributed by atoms with Gasteiger partial charge in [-0.1, -0.05) is 91.0 Å². The van der Waals surface area contributed by atoms with Crippen molar-refractivity contribution in [3.8, 4) is 51.8 Å². The molecule has 5 nitrogen and oxygen atoms in total. The number of hydrogen-bond donors (Lipinski definition) is 0. The van der Waals surface area contributed by atoms with Gasteiger partial charge < -0.3 is 9.13 Å². The molecule has 0 aliphatic carbocycles. The van der Waals surface area contributed by atoms with Gasteiger partial charge in [-0.3, -0.25) is 0 Å². The van der Waals surface area contributed by atoms with Crippen molar-refractivity contribution in [1.29, 1.82) is 15.8 Å². The van der Waals surface area contributed by atoms with Gasteiger partial charge in [-0.2, -0.15) is 15.8 Å². The van der Waals surface area contributed by atoms with Crippen LogP contribution in [0.3, 0.4) is 0 Å². The lowest BCUT2D eigenvalue weighted by atomic mass is 9.98. The van der Waals surface area contributed by atoms with E-state index in [2.05, 4.69) is 124 Å². The van der Waals surface area contributed by atoms with Crippen LogP contribution in [0.25, 0.3) is 77.2 Å². The zero-order valence-corrected chi connectivity index (χ0v) is 26.7. The second-order valence-corrected chi connectivity index (χ2v) is 12.3. The molecule has 0 aliphatic heterocycles. The van der Waals surface area contributed by atoms with Crippen LogP contribution in [0.2, 0.25) is 0 Å². The Morgan fingerprint density at radius 1 is 0.400 bits per heavy atom. The van der Waals surface area contributed by atoms with Crippen molar-refractivity contribution < 1.29 is 0 Å². The molecule has 0 aliphatic rings. The van der Waals surface area contributed by atoms with Gasteiger partial charge in [0.2, 0.25) is 0 Å². The van der Waals surface area contributed by atoms with E-state index in [1.54, 1.807) is 0 Å². The largest absolute Gasteiger partial charge is 0.309 e. The van der Waals surface area contributed by atoms with Gasteiger partial charge in [0.05, 0.1) is 56.6 Å². The lowest BCUT2D eigenvalue weighted by Crippen LogP contribution is -1.98. The highest BCUT2D eigenvalue weighted by Gasteiger charge is 2.18. The predicted octanol–water partition coefficient (Wildman–Crippen LogP) is 10.8. The Bertz CT molecular complexity index is 2890. The number of nitrogens with zero attached hydrogens (tertiary/aromatic N) is 5. The number of rotatable bonds is 4. The average Bonchev–Trinajstić information content (AvgIpc) is 3.70. The molecule has 2 heterocycles. The summed E-state index contributed by atoms with van der Waals surface area (Å²) in [7, 11) is 0. The molecular formula is C45H25N5. The van der Waals surface area contributed by atoms with Gasteiger partial charge >= 0.3 is 0 Å². The molecule has 2 aromatic heterocycles. The minimum absolute atomic E-state index is 0.583. The summed E-state index contributed by atoms with van der Waals surface area (Å²) < 4.78 is 4.37. The van der Waals surface area contributed by atoms with Crippen molar-refractivity contribution in [2.45, 2.75) is 0 Å². The number of fused-ring (bicyclic) bond motifs is 6. The summed E-state index contributed by atoms with van der Waals surface area (Å²) in [5.41, 5.74) is 11.9. The van der Waals surface area contributed by atoms with Crippen LogP contribution in [0.4, 0.5) is 0 Å². The molecule has 0 spiro atoms. The van der Waals surface area contributed by atoms with E-state index in [0.29, 0.717) is 16.7 Å². The fraction of sp³-hybridized carbons (Fsp3) is 0. The Morgan fingerprint density at radius 3 is 1.62 bits per heavy atom. The molecule has 0 saturated heterocycles. The molecule has 7 aromatic carbocycles. The van der Waals surface area contributed by atoms with Crippen molar-refractivity contribution in [2.24, 2.45) is 0 Å². The molecule has 0 saturated carbocycles. The van der Waals surface area contributed by atoms with Crippen molar-refractivity contribution in [3.63, 3.8) is 0 Å². The van der Waals surface area contributed by atoms with Crippen LogP contribution in [0, 0.1) is 34.0 Å². The summed E-state index contributed by atoms with van der Waals surface area (Å²) in [6.07, 6.45) is 0. The van der Waals surface area contributed by atoms with Gasteiger partial charge in [0, 0.05) is 32.8 Å². The normalized spacial score (nSPS) is 11.1. The van der Waals surface area contributed by atoms with E-state index >= 15 is 0 Å². The first-order valence-corrected chi connectivity index (χ1v) is 16.3. The van der Waals surface area contributed by atoms with Crippen LogP contribution in [0.5, 0.6) is 0 Å². The van der Waals surface area contributed by atoms with Crippen LogP contribution >= 0.6 is 0 Å². The highest BCUT2D eigenvalue weighted by molar-refractivity contribution is 6.12. The summed E-state index contributed by atoms with van der Waals surface area (Å²) in [4.78, 5) is 0. The molecule has 230 valence electrons. The first-order chi connectivity index (χ1) is 24.7. The zero-order valence-electron chi connectivity index (χ0n) is 26.7. The first-order valence-electron chi connectivity index (χ1n) is 16.3. The fourth-order valence-corrected chi connectivity index (χ4v) is 7.35. The van der Waals surface area contributed by atoms with E-state index in [1.165, 1.54) is 10.8 Å². The van der Waals surface area contributed by atoms with E-state index in [1.807, 2.05) is 54.6 Å². The second-order valence-electron chi connectivity index (χ2n) is 12.3. The average molecular weight is 636 g/mol. The van der Waals surface area contributed by atoms with E-state index in [9.17, 15) is 15.8 Å². The van der Waals surface area contributed by atoms with Crippen LogP contribution < -0.4 is 0 Å². The Kier molecular flexibility index (Phi) is 6.56. The SMILES string of the molecule is N#Cc1ccc(-c2ccc(-c3ccc(-n4c5ccc(C#N)cc5c5cccc(C#N)c54)cc3)cc2)c(-n2c3ccccc3c3ccccc32)c1. The minimum atomic E-state index is 0.583. The maximum absolute atomic E-state index is 9.99. The number of aromatic nitrogens is 2. The Morgan fingerprint density at radius 2 is 0.960 bits per heavy atom. The Hall–Kier alpha value is -7.39. The van der Waals surface area contributed by atoms with Gasteiger partial charge in [0.1, 0.15) is 6.07 Å². The third-order valence-electron chi connectivity index (χ3n) is 9.64.